The fourth-order valence-electron chi connectivity index (χ4n) is 13.2. The van der Waals surface area contributed by atoms with E-state index in [0.717, 1.165) is 51.1 Å². The Kier molecular flexibility index (Phi) is 33.5. The van der Waals surface area contributed by atoms with Crippen molar-refractivity contribution in [2.75, 3.05) is 115 Å². The molecule has 5 aromatic carbocycles. The first kappa shape index (κ1) is 94.4. The van der Waals surface area contributed by atoms with Crippen molar-refractivity contribution in [1.82, 2.24) is 118 Å². The van der Waals surface area contributed by atoms with Crippen molar-refractivity contribution in [1.29, 1.82) is 0 Å². The van der Waals surface area contributed by atoms with Crippen molar-refractivity contribution < 1.29 is 38.2 Å². The van der Waals surface area contributed by atoms with Crippen molar-refractivity contribution in [3.63, 3.8) is 0 Å². The van der Waals surface area contributed by atoms with E-state index in [1.165, 1.54) is 11.1 Å². The third-order valence-electron chi connectivity index (χ3n) is 20.6. The number of carbonyl (C=O) groups is 5. The number of likely N-dealkylation sites (N-methyl/N-ethyl adjacent to an activating group) is 2. The minimum absolute atomic E-state index is 0.0123. The maximum Gasteiger partial charge on any atom is 0.410 e. The second-order valence-corrected chi connectivity index (χ2v) is 33.2. The maximum atomic E-state index is 12.5. The van der Waals surface area contributed by atoms with Crippen LogP contribution in [0.5, 0.6) is 0 Å². The topological polar surface area (TPSA) is 296 Å². The fourth-order valence-corrected chi connectivity index (χ4v) is 13.7. The number of hydrogen-bond donors (Lipinski definition) is 0. The van der Waals surface area contributed by atoms with Crippen molar-refractivity contribution in [2.24, 2.45) is 5.41 Å². The van der Waals surface area contributed by atoms with Crippen LogP contribution < -0.4 is 0 Å². The monoisotopic (exact) mass is 1780 g/mol. The summed E-state index contributed by atoms with van der Waals surface area (Å²) < 4.78 is 25.3. The Morgan fingerprint density at radius 2 is 0.661 bits per heavy atom. The SMILES string of the molecule is CC(C)(C)COC(=O)N1CCn2c(C#Cc3cccc(Cl)c3)nnc2C1.CCN(C)C(=O)N1CCn2c(C#Cc3cccc(Cl)c3)nnc2C1.COCCN(C)C(=O)N1CCn2c(C#Cc3cccc(C)c3)nnc2C1.COCCN(C)C(=O)N1CCn2c(C#Cc3cccc(Cl)c3)nnc2C1.Cc1cccc(C#Cc2nnc3n2CCN(C(=O)N(C)C(C)C)C3)c1. The number of ether oxygens (including phenoxy) is 3. The van der Waals surface area contributed by atoms with Crippen molar-refractivity contribution in [2.45, 2.75) is 127 Å². The van der Waals surface area contributed by atoms with Gasteiger partial charge in [-0.25, -0.2) is 24.0 Å². The standard InChI is InChI=1S/C19H21ClN4O2.C19H23N5O2.C19H23N5O.C18H20ClN5O2.C17H18ClN5O/c1-19(2,3)13-26-18(25)23-9-10-24-16(21-22-17(24)12-23)8-7-14-5-4-6-15(20)11-14;1-15-5-4-6-16(13-15)7-8-17-20-21-18-14-23(9-10-24(17)18)19(25)22(2)11-12-26-3;1-14(2)22(4)19(25)23-10-11-24-17(20-21-18(24)13-23)9-8-16-7-5-6-15(3)12-16;1-22(10-11-26-2)18(25)23-8-9-24-16(20-21-17(24)13-23)7-6-14-4-3-5-15(19)12-14;1-3-21(2)17(24)22-9-10-23-15(19-20-16(23)12-22)8-7-13-5-4-6-14(18)11-13/h4-6,11H,9-10,12-13H2,1-3H3;4-6,13H,9-12,14H2,1-3H3;5-7,12,14H,10-11,13H2,1-4H3;3-5,12H,8-11,13H2,1-2H3;4-6,11H,3,9-10,12H2,1-2H3. The van der Waals surface area contributed by atoms with E-state index in [1.807, 2.05) is 187 Å². The summed E-state index contributed by atoms with van der Waals surface area (Å²) in [6, 6.07) is 38.3. The molecule has 0 unspecified atom stereocenters. The molecule has 32 nitrogen and oxygen atoms in total. The van der Waals surface area contributed by atoms with Gasteiger partial charge < -0.3 is 76.2 Å². The van der Waals surface area contributed by atoms with Gasteiger partial charge in [0.05, 0.1) is 52.5 Å². The highest BCUT2D eigenvalue weighted by atomic mass is 35.5. The van der Waals surface area contributed by atoms with Crippen LogP contribution in [0.15, 0.2) is 121 Å². The molecule has 9 amide bonds. The molecular weight excluding hydrogens is 1680 g/mol. The summed E-state index contributed by atoms with van der Waals surface area (Å²) in [5.41, 5.74) is 6.68. The molecule has 5 aliphatic rings. The molecule has 5 aliphatic heterocycles. The molecule has 0 saturated carbocycles. The number of fused-ring (bicyclic) bond motifs is 5. The molecule has 0 atom stereocenters. The van der Waals surface area contributed by atoms with Crippen molar-refractivity contribution in [3.8, 4) is 59.2 Å². The zero-order chi connectivity index (χ0) is 90.8. The second-order valence-electron chi connectivity index (χ2n) is 31.9. The number of urea groups is 4. The lowest BCUT2D eigenvalue weighted by atomic mass is 9.99. The number of nitrogens with zero attached hydrogens (tertiary/aromatic N) is 24. The van der Waals surface area contributed by atoms with Gasteiger partial charge in [-0.3, -0.25) is 4.90 Å². The number of carbonyl (C=O) groups excluding carboxylic acids is 5. The fraction of sp³-hybridized carbons (Fsp3) is 0.402. The van der Waals surface area contributed by atoms with Gasteiger partial charge >= 0.3 is 30.2 Å². The van der Waals surface area contributed by atoms with Gasteiger partial charge in [-0.2, -0.15) is 0 Å². The van der Waals surface area contributed by atoms with Gasteiger partial charge in [0.25, 0.3) is 0 Å². The Hall–Kier alpha value is -13.3. The summed E-state index contributed by atoms with van der Waals surface area (Å²) in [5, 5.41) is 43.7. The number of hydrogen-bond acceptors (Lipinski definition) is 18. The van der Waals surface area contributed by atoms with E-state index in [4.69, 9.17) is 49.0 Å². The van der Waals surface area contributed by atoms with Crippen LogP contribution in [0.2, 0.25) is 15.1 Å². The number of rotatable bonds is 9. The summed E-state index contributed by atoms with van der Waals surface area (Å²) in [4.78, 5) is 77.4. The van der Waals surface area contributed by atoms with E-state index in [9.17, 15) is 24.0 Å². The third-order valence-corrected chi connectivity index (χ3v) is 21.3. The highest BCUT2D eigenvalue weighted by Gasteiger charge is 2.32. The average molecular weight is 1780 g/mol. The zero-order valence-electron chi connectivity index (χ0n) is 74.1. The molecule has 0 fully saturated rings. The summed E-state index contributed by atoms with van der Waals surface area (Å²) in [5.74, 6) is 37.6. The largest absolute Gasteiger partial charge is 0.449 e. The van der Waals surface area contributed by atoms with E-state index in [-0.39, 0.29) is 41.7 Å². The van der Waals surface area contributed by atoms with E-state index in [2.05, 4.69) is 110 Å². The molecule has 127 heavy (non-hydrogen) atoms. The lowest BCUT2D eigenvalue weighted by Crippen LogP contribution is -2.47. The lowest BCUT2D eigenvalue weighted by Gasteiger charge is -2.32. The Labute approximate surface area is 756 Å². The molecular formula is C92H105Cl3N24O8. The van der Waals surface area contributed by atoms with Gasteiger partial charge in [-0.05, 0) is 160 Å². The van der Waals surface area contributed by atoms with Gasteiger partial charge in [-0.1, -0.05) is 128 Å². The first-order valence-corrected chi connectivity index (χ1v) is 42.7. The Morgan fingerprint density at radius 1 is 0.386 bits per heavy atom. The van der Waals surface area contributed by atoms with Crippen LogP contribution >= 0.6 is 34.8 Å². The van der Waals surface area contributed by atoms with Crippen LogP contribution in [0.4, 0.5) is 24.0 Å². The second kappa shape index (κ2) is 45.1. The number of halogens is 3. The van der Waals surface area contributed by atoms with Crippen LogP contribution in [-0.4, -0.2) is 269 Å². The number of aryl methyl sites for hydroxylation is 2. The van der Waals surface area contributed by atoms with Gasteiger partial charge in [0.1, 0.15) is 0 Å². The number of aromatic nitrogens is 15. The summed E-state index contributed by atoms with van der Waals surface area (Å²) in [6.45, 7) is 27.6. The third kappa shape index (κ3) is 26.7. The molecule has 5 aromatic heterocycles. The average Bonchev–Trinajstić information content (AvgIpc) is 1.71. The number of methoxy groups -OCH3 is 2. The van der Waals surface area contributed by atoms with E-state index >= 15 is 0 Å². The zero-order valence-corrected chi connectivity index (χ0v) is 76.4. The normalized spacial score (nSPS) is 13.2. The smallest absolute Gasteiger partial charge is 0.410 e. The molecule has 0 radical (unpaired) electrons. The molecule has 0 bridgehead atoms. The van der Waals surface area contributed by atoms with Crippen LogP contribution in [0.25, 0.3) is 0 Å². The predicted molar refractivity (Wildman–Crippen MR) is 481 cm³/mol. The molecule has 35 heteroatoms. The molecule has 0 N–H and O–H groups in total. The van der Waals surface area contributed by atoms with Crippen molar-refractivity contribution >= 4 is 65.0 Å². The molecule has 10 heterocycles. The summed E-state index contributed by atoms with van der Waals surface area (Å²) >= 11 is 17.9. The van der Waals surface area contributed by atoms with E-state index < -0.39 is 0 Å². The highest BCUT2D eigenvalue weighted by Crippen LogP contribution is 2.23. The molecule has 0 saturated heterocycles. The Morgan fingerprint density at radius 3 is 0.937 bits per heavy atom. The van der Waals surface area contributed by atoms with E-state index in [1.54, 1.807) is 98.8 Å². The molecule has 10 aromatic rings. The highest BCUT2D eigenvalue weighted by molar-refractivity contribution is 6.31. The Bertz CT molecular complexity index is 5750. The summed E-state index contributed by atoms with van der Waals surface area (Å²) in [7, 11) is 10.4. The van der Waals surface area contributed by atoms with Crippen LogP contribution in [0, 0.1) is 78.5 Å². The van der Waals surface area contributed by atoms with Gasteiger partial charge in [0.15, 0.2) is 29.1 Å². The van der Waals surface area contributed by atoms with Crippen LogP contribution in [-0.2, 0) is 79.7 Å². The Balaban J connectivity index is 0.000000154. The molecule has 0 aliphatic carbocycles. The first-order chi connectivity index (χ1) is 61.0. The van der Waals surface area contributed by atoms with Gasteiger partial charge in [0.2, 0.25) is 29.1 Å². The quantitative estimate of drug-likeness (QED) is 0.121. The predicted octanol–water partition coefficient (Wildman–Crippen LogP) is 11.2. The number of benzene rings is 5. The first-order valence-electron chi connectivity index (χ1n) is 41.5. The minimum Gasteiger partial charge on any atom is -0.449 e. The lowest BCUT2D eigenvalue weighted by molar-refractivity contribution is 0.0645. The van der Waals surface area contributed by atoms with Gasteiger partial charge in [0, 0.05) is 176 Å². The van der Waals surface area contributed by atoms with Crippen molar-refractivity contribution in [3.05, 3.63) is 234 Å². The van der Waals surface area contributed by atoms with Gasteiger partial charge in [-0.15, -0.1) is 51.0 Å². The minimum atomic E-state index is -0.319. The van der Waals surface area contributed by atoms with Crippen LogP contribution in [0.3, 0.4) is 0 Å². The summed E-state index contributed by atoms with van der Waals surface area (Å²) in [6.07, 6.45) is -0.319. The molecule has 662 valence electrons. The van der Waals surface area contributed by atoms with Crippen LogP contribution in [0.1, 0.15) is 139 Å². The molecule has 15 rings (SSSR count). The van der Waals surface area contributed by atoms with E-state index in [0.29, 0.717) is 188 Å². The number of amides is 9. The maximum absolute atomic E-state index is 12.5. The molecule has 0 spiro atoms.